The molecule has 0 saturated heterocycles. The topological polar surface area (TPSA) is 64.6 Å². The Morgan fingerprint density at radius 1 is 1.09 bits per heavy atom. The number of aryl methyl sites for hydroxylation is 2. The van der Waals surface area contributed by atoms with Gasteiger partial charge in [-0.05, 0) is 80.1 Å². The second-order valence-electron chi connectivity index (χ2n) is 8.64. The van der Waals surface area contributed by atoms with Crippen LogP contribution in [0, 0.1) is 13.8 Å². The van der Waals surface area contributed by atoms with Crippen molar-refractivity contribution >= 4 is 27.7 Å². The van der Waals surface area contributed by atoms with Gasteiger partial charge in [-0.3, -0.25) is 4.79 Å². The molecule has 0 bridgehead atoms. The molecule has 2 aromatic carbocycles. The maximum absolute atomic E-state index is 13.1. The van der Waals surface area contributed by atoms with Gasteiger partial charge in [0.1, 0.15) is 12.4 Å². The van der Waals surface area contributed by atoms with Gasteiger partial charge in [0.15, 0.2) is 5.78 Å². The summed E-state index contributed by atoms with van der Waals surface area (Å²) in [6.07, 6.45) is 2.11. The molecule has 1 aliphatic heterocycles. The fourth-order valence-electron chi connectivity index (χ4n) is 4.75. The largest absolute Gasteiger partial charge is 0.489 e. The maximum Gasteiger partial charge on any atom is 0.336 e. The minimum absolute atomic E-state index is 0.0929. The van der Waals surface area contributed by atoms with Crippen LogP contribution in [-0.2, 0) is 20.9 Å². The molecule has 0 aromatic heterocycles. The van der Waals surface area contributed by atoms with Gasteiger partial charge < -0.3 is 14.8 Å². The van der Waals surface area contributed by atoms with Crippen molar-refractivity contribution in [2.45, 2.75) is 52.6 Å². The van der Waals surface area contributed by atoms with Crippen molar-refractivity contribution in [2.24, 2.45) is 0 Å². The summed E-state index contributed by atoms with van der Waals surface area (Å²) in [5.41, 5.74) is 6.96. The number of benzene rings is 2. The summed E-state index contributed by atoms with van der Waals surface area (Å²) in [6.45, 7) is 6.35. The molecule has 0 unspecified atom stereocenters. The standard InChI is InChI=1S/C27H28BrNO4/c1-15-12-16(2)21(13-18(15)14-33-20-10-8-19(28)9-11-20)25-24(27(31)32-4)17(3)29-22-6-5-7-23(30)26(22)25/h8-13,25,29H,5-7,14H2,1-4H3/t25-/m0/s1. The second kappa shape index (κ2) is 9.56. The van der Waals surface area contributed by atoms with Gasteiger partial charge in [-0.2, -0.15) is 0 Å². The molecule has 0 spiro atoms. The number of esters is 1. The van der Waals surface area contributed by atoms with E-state index >= 15 is 0 Å². The third kappa shape index (κ3) is 4.62. The van der Waals surface area contributed by atoms with E-state index < -0.39 is 11.9 Å². The zero-order chi connectivity index (χ0) is 23.7. The van der Waals surface area contributed by atoms with Gasteiger partial charge >= 0.3 is 5.97 Å². The first-order valence-corrected chi connectivity index (χ1v) is 11.9. The lowest BCUT2D eigenvalue weighted by atomic mass is 9.73. The van der Waals surface area contributed by atoms with Gasteiger partial charge in [-0.25, -0.2) is 4.79 Å². The van der Waals surface area contributed by atoms with Crippen molar-refractivity contribution in [1.82, 2.24) is 5.32 Å². The van der Waals surface area contributed by atoms with Gasteiger partial charge in [0.25, 0.3) is 0 Å². The van der Waals surface area contributed by atoms with Crippen molar-refractivity contribution in [3.05, 3.63) is 85.7 Å². The van der Waals surface area contributed by atoms with Crippen LogP contribution in [0.25, 0.3) is 0 Å². The molecule has 4 rings (SSSR count). The summed E-state index contributed by atoms with van der Waals surface area (Å²) in [4.78, 5) is 25.9. The van der Waals surface area contributed by atoms with Gasteiger partial charge in [-0.15, -0.1) is 0 Å². The van der Waals surface area contributed by atoms with E-state index in [-0.39, 0.29) is 5.78 Å². The average molecular weight is 510 g/mol. The minimum atomic E-state index is -0.450. The van der Waals surface area contributed by atoms with Crippen LogP contribution in [0.5, 0.6) is 5.75 Å². The fourth-order valence-corrected chi connectivity index (χ4v) is 5.01. The molecule has 1 atom stereocenters. The lowest BCUT2D eigenvalue weighted by Gasteiger charge is -2.35. The molecular weight excluding hydrogens is 482 g/mol. The van der Waals surface area contributed by atoms with Crippen LogP contribution >= 0.6 is 15.9 Å². The summed E-state index contributed by atoms with van der Waals surface area (Å²) in [5, 5.41) is 3.32. The number of hydrogen-bond donors (Lipinski definition) is 1. The van der Waals surface area contributed by atoms with E-state index in [1.54, 1.807) is 0 Å². The first kappa shape index (κ1) is 23.3. The van der Waals surface area contributed by atoms with Gasteiger partial charge in [-0.1, -0.05) is 28.1 Å². The van der Waals surface area contributed by atoms with Crippen LogP contribution in [0.1, 0.15) is 54.4 Å². The maximum atomic E-state index is 13.1. The number of carbonyl (C=O) groups excluding carboxylic acids is 2. The molecule has 1 heterocycles. The average Bonchev–Trinajstić information content (AvgIpc) is 2.78. The number of carbonyl (C=O) groups is 2. The Balaban J connectivity index is 1.78. The Bertz CT molecular complexity index is 1180. The Kier molecular flexibility index (Phi) is 6.75. The first-order chi connectivity index (χ1) is 15.8. The second-order valence-corrected chi connectivity index (χ2v) is 9.55. The van der Waals surface area contributed by atoms with Gasteiger partial charge in [0.2, 0.25) is 0 Å². The van der Waals surface area contributed by atoms with Crippen LogP contribution in [0.15, 0.2) is 63.4 Å². The highest BCUT2D eigenvalue weighted by Gasteiger charge is 2.39. The SMILES string of the molecule is COC(=O)C1=C(C)NC2=C(C(=O)CCC2)[C@H]1c1cc(COc2ccc(Br)cc2)c(C)cc1C. The zero-order valence-electron chi connectivity index (χ0n) is 19.4. The number of methoxy groups -OCH3 is 1. The molecule has 33 heavy (non-hydrogen) atoms. The molecule has 0 amide bonds. The molecule has 6 heteroatoms. The van der Waals surface area contributed by atoms with Gasteiger partial charge in [0, 0.05) is 33.8 Å². The number of ether oxygens (including phenoxy) is 2. The zero-order valence-corrected chi connectivity index (χ0v) is 21.0. The van der Waals surface area contributed by atoms with E-state index in [2.05, 4.69) is 40.3 Å². The number of hydrogen-bond acceptors (Lipinski definition) is 5. The molecule has 1 N–H and O–H groups in total. The minimum Gasteiger partial charge on any atom is -0.489 e. The lowest BCUT2D eigenvalue weighted by molar-refractivity contribution is -0.136. The molecule has 2 aliphatic rings. The van der Waals surface area contributed by atoms with Crippen molar-refractivity contribution in [2.75, 3.05) is 7.11 Å². The normalized spacial score (nSPS) is 18.1. The Morgan fingerprint density at radius 3 is 2.52 bits per heavy atom. The van der Waals surface area contributed by atoms with Crippen LogP contribution < -0.4 is 10.1 Å². The van der Waals surface area contributed by atoms with Crippen molar-refractivity contribution in [3.8, 4) is 5.75 Å². The highest BCUT2D eigenvalue weighted by Crippen LogP contribution is 2.44. The predicted molar refractivity (Wildman–Crippen MR) is 131 cm³/mol. The summed E-state index contributed by atoms with van der Waals surface area (Å²) < 4.78 is 12.2. The lowest BCUT2D eigenvalue weighted by Crippen LogP contribution is -2.34. The quantitative estimate of drug-likeness (QED) is 0.517. The summed E-state index contributed by atoms with van der Waals surface area (Å²) >= 11 is 3.44. The molecule has 5 nitrogen and oxygen atoms in total. The highest BCUT2D eigenvalue weighted by atomic mass is 79.9. The number of ketones is 1. The van der Waals surface area contributed by atoms with E-state index in [1.165, 1.54) is 7.11 Å². The van der Waals surface area contributed by atoms with Gasteiger partial charge in [0.05, 0.1) is 12.7 Å². The van der Waals surface area contributed by atoms with Crippen molar-refractivity contribution in [1.29, 1.82) is 0 Å². The third-order valence-corrected chi connectivity index (χ3v) is 6.95. The smallest absolute Gasteiger partial charge is 0.336 e. The van der Waals surface area contributed by atoms with Crippen molar-refractivity contribution in [3.63, 3.8) is 0 Å². The monoisotopic (exact) mass is 509 g/mol. The van der Waals surface area contributed by atoms with E-state index in [0.29, 0.717) is 24.2 Å². The number of nitrogens with one attached hydrogen (secondary N) is 1. The van der Waals surface area contributed by atoms with Crippen LogP contribution in [0.3, 0.4) is 0 Å². The van der Waals surface area contributed by atoms with E-state index in [0.717, 1.165) is 56.7 Å². The van der Waals surface area contributed by atoms with E-state index in [4.69, 9.17) is 9.47 Å². The Hall–Kier alpha value is -2.86. The Morgan fingerprint density at radius 2 is 1.82 bits per heavy atom. The highest BCUT2D eigenvalue weighted by molar-refractivity contribution is 9.10. The van der Waals surface area contributed by atoms with Crippen molar-refractivity contribution < 1.29 is 19.1 Å². The first-order valence-electron chi connectivity index (χ1n) is 11.1. The number of allylic oxidation sites excluding steroid dienone is 3. The number of dihydropyridines is 1. The van der Waals surface area contributed by atoms with E-state index in [9.17, 15) is 9.59 Å². The molecule has 1 aliphatic carbocycles. The van der Waals surface area contributed by atoms with Crippen LogP contribution in [0.2, 0.25) is 0 Å². The molecule has 0 fully saturated rings. The number of Topliss-reactive ketones (excluding diaryl/α,β-unsaturated/α-hetero) is 1. The number of halogens is 1. The molecule has 0 saturated carbocycles. The molecule has 172 valence electrons. The number of rotatable bonds is 5. The molecule has 2 aromatic rings. The summed E-state index contributed by atoms with van der Waals surface area (Å²) in [6, 6.07) is 11.9. The molecule has 0 radical (unpaired) electrons. The van der Waals surface area contributed by atoms with E-state index in [1.807, 2.05) is 38.1 Å². The fraction of sp³-hybridized carbons (Fsp3) is 0.333. The Labute approximate surface area is 203 Å². The van der Waals surface area contributed by atoms with Crippen LogP contribution in [0.4, 0.5) is 0 Å². The molecular formula is C27H28BrNO4. The summed E-state index contributed by atoms with van der Waals surface area (Å²) in [5.74, 6) is 0.00594. The third-order valence-electron chi connectivity index (χ3n) is 6.42. The van der Waals surface area contributed by atoms with Crippen LogP contribution in [-0.4, -0.2) is 18.9 Å². The predicted octanol–water partition coefficient (Wildman–Crippen LogP) is 5.79. The summed E-state index contributed by atoms with van der Waals surface area (Å²) in [7, 11) is 1.38.